The zero-order chi connectivity index (χ0) is 13.0. The van der Waals surface area contributed by atoms with Gasteiger partial charge in [-0.05, 0) is 25.5 Å². The number of nitrogens with two attached hydrogens (primary N) is 1. The number of nitro benzene ring substituents is 1. The molecule has 1 aromatic rings. The first-order chi connectivity index (χ1) is 7.91. The number of hydrogen-bond donors (Lipinski definition) is 2. The third kappa shape index (κ3) is 3.44. The summed E-state index contributed by atoms with van der Waals surface area (Å²) in [5.41, 5.74) is 6.54. The van der Waals surface area contributed by atoms with Crippen LogP contribution in [0.2, 0.25) is 0 Å². The number of ether oxygens (including phenoxy) is 1. The Hall–Kier alpha value is -2.11. The van der Waals surface area contributed by atoms with Crippen LogP contribution < -0.4 is 10.5 Å². The molecule has 0 spiro atoms. The van der Waals surface area contributed by atoms with Gasteiger partial charge < -0.3 is 10.5 Å². The minimum absolute atomic E-state index is 0.0567. The Morgan fingerprint density at radius 2 is 2.12 bits per heavy atom. The fraction of sp³-hybridized carbons (Fsp3) is 0.364. The van der Waals surface area contributed by atoms with Gasteiger partial charge in [-0.3, -0.25) is 15.5 Å². The van der Waals surface area contributed by atoms with Gasteiger partial charge in [0.2, 0.25) is 0 Å². The number of amidine groups is 1. The maximum atomic E-state index is 10.7. The Kier molecular flexibility index (Phi) is 4.03. The van der Waals surface area contributed by atoms with Gasteiger partial charge in [0, 0.05) is 18.1 Å². The van der Waals surface area contributed by atoms with Crippen LogP contribution in [0.4, 0.5) is 5.69 Å². The van der Waals surface area contributed by atoms with Crippen LogP contribution in [0.5, 0.6) is 5.75 Å². The predicted octanol–water partition coefficient (Wildman–Crippen LogP) is 1.92. The maximum Gasteiger partial charge on any atom is 0.272 e. The standard InChI is InChI=1S/C11H15N3O3/c1-7-6-10(17-4-3-11(12)13)8(2)5-9(7)14(15)16/h5-6H,3-4H2,1-2H3,(H3,12,13). The summed E-state index contributed by atoms with van der Waals surface area (Å²) in [5.74, 6) is 0.649. The molecule has 0 unspecified atom stereocenters. The van der Waals surface area contributed by atoms with Gasteiger partial charge in [0.05, 0.1) is 17.4 Å². The molecule has 6 nitrogen and oxygen atoms in total. The molecule has 3 N–H and O–H groups in total. The lowest BCUT2D eigenvalue weighted by atomic mass is 10.1. The number of rotatable bonds is 5. The van der Waals surface area contributed by atoms with E-state index in [4.69, 9.17) is 15.9 Å². The van der Waals surface area contributed by atoms with Crippen LogP contribution in [0.1, 0.15) is 17.5 Å². The van der Waals surface area contributed by atoms with Crippen molar-refractivity contribution in [1.29, 1.82) is 5.41 Å². The highest BCUT2D eigenvalue weighted by Gasteiger charge is 2.13. The lowest BCUT2D eigenvalue weighted by Gasteiger charge is -2.09. The van der Waals surface area contributed by atoms with Gasteiger partial charge in [-0.1, -0.05) is 0 Å². The van der Waals surface area contributed by atoms with Gasteiger partial charge >= 0.3 is 0 Å². The smallest absolute Gasteiger partial charge is 0.272 e. The molecule has 0 saturated carbocycles. The van der Waals surface area contributed by atoms with Gasteiger partial charge in [-0.15, -0.1) is 0 Å². The second-order valence-electron chi connectivity index (χ2n) is 3.79. The largest absolute Gasteiger partial charge is 0.493 e. The molecule has 0 aliphatic carbocycles. The predicted molar refractivity (Wildman–Crippen MR) is 64.6 cm³/mol. The van der Waals surface area contributed by atoms with Crippen molar-refractivity contribution in [3.63, 3.8) is 0 Å². The second-order valence-corrected chi connectivity index (χ2v) is 3.79. The summed E-state index contributed by atoms with van der Waals surface area (Å²) in [4.78, 5) is 10.3. The van der Waals surface area contributed by atoms with Crippen LogP contribution in [0, 0.1) is 29.4 Å². The molecular weight excluding hydrogens is 222 g/mol. The van der Waals surface area contributed by atoms with Gasteiger partial charge in [0.15, 0.2) is 0 Å². The van der Waals surface area contributed by atoms with Crippen LogP contribution in [0.25, 0.3) is 0 Å². The van der Waals surface area contributed by atoms with Crippen LogP contribution >= 0.6 is 0 Å². The lowest BCUT2D eigenvalue weighted by Crippen LogP contribution is -2.14. The van der Waals surface area contributed by atoms with Crippen molar-refractivity contribution in [3.8, 4) is 5.75 Å². The first-order valence-electron chi connectivity index (χ1n) is 5.13. The third-order valence-corrected chi connectivity index (χ3v) is 2.32. The SMILES string of the molecule is Cc1cc([N+](=O)[O-])c(C)cc1OCCC(=N)N. The molecule has 6 heteroatoms. The number of nitrogens with zero attached hydrogens (tertiary/aromatic N) is 1. The average molecular weight is 237 g/mol. The Labute approximate surface area is 99.0 Å². The third-order valence-electron chi connectivity index (χ3n) is 2.32. The zero-order valence-electron chi connectivity index (χ0n) is 9.82. The molecule has 0 bridgehead atoms. The molecule has 92 valence electrons. The highest BCUT2D eigenvalue weighted by Crippen LogP contribution is 2.27. The van der Waals surface area contributed by atoms with Crippen molar-refractivity contribution in [2.24, 2.45) is 5.73 Å². The Balaban J connectivity index is 2.84. The van der Waals surface area contributed by atoms with E-state index in [0.29, 0.717) is 29.9 Å². The van der Waals surface area contributed by atoms with Gasteiger partial charge in [-0.2, -0.15) is 0 Å². The monoisotopic (exact) mass is 237 g/mol. The second kappa shape index (κ2) is 5.29. The highest BCUT2D eigenvalue weighted by atomic mass is 16.6. The zero-order valence-corrected chi connectivity index (χ0v) is 9.82. The Morgan fingerprint density at radius 3 is 2.65 bits per heavy atom. The van der Waals surface area contributed by atoms with Gasteiger partial charge in [0.25, 0.3) is 5.69 Å². The summed E-state index contributed by atoms with van der Waals surface area (Å²) in [6.45, 7) is 3.71. The maximum absolute atomic E-state index is 10.7. The van der Waals surface area contributed by atoms with Gasteiger partial charge in [0.1, 0.15) is 5.75 Å². The minimum Gasteiger partial charge on any atom is -0.493 e. The molecule has 0 radical (unpaired) electrons. The number of nitrogens with one attached hydrogen (secondary N) is 1. The van der Waals surface area contributed by atoms with Crippen LogP contribution in [-0.2, 0) is 0 Å². The summed E-state index contributed by atoms with van der Waals surface area (Å²) >= 11 is 0. The number of benzene rings is 1. The van der Waals surface area contributed by atoms with Crippen LogP contribution in [-0.4, -0.2) is 17.4 Å². The lowest BCUT2D eigenvalue weighted by molar-refractivity contribution is -0.385. The quantitative estimate of drug-likeness (QED) is 0.353. The summed E-state index contributed by atoms with van der Waals surface area (Å²) in [6, 6.07) is 3.12. The van der Waals surface area contributed by atoms with Crippen LogP contribution in [0.3, 0.4) is 0 Å². The van der Waals surface area contributed by atoms with Crippen molar-refractivity contribution in [2.75, 3.05) is 6.61 Å². The van der Waals surface area contributed by atoms with E-state index >= 15 is 0 Å². The van der Waals surface area contributed by atoms with Gasteiger partial charge in [-0.25, -0.2) is 0 Å². The molecular formula is C11H15N3O3. The van der Waals surface area contributed by atoms with E-state index in [-0.39, 0.29) is 11.5 Å². The Bertz CT molecular complexity index is 458. The van der Waals surface area contributed by atoms with Crippen molar-refractivity contribution >= 4 is 11.5 Å². The van der Waals surface area contributed by atoms with E-state index in [9.17, 15) is 10.1 Å². The van der Waals surface area contributed by atoms with E-state index in [1.165, 1.54) is 6.07 Å². The van der Waals surface area contributed by atoms with E-state index in [1.54, 1.807) is 19.9 Å². The fourth-order valence-corrected chi connectivity index (χ4v) is 1.40. The molecule has 1 aromatic carbocycles. The molecule has 17 heavy (non-hydrogen) atoms. The molecule has 0 saturated heterocycles. The number of aryl methyl sites for hydroxylation is 2. The fourth-order valence-electron chi connectivity index (χ4n) is 1.40. The van der Waals surface area contributed by atoms with Crippen LogP contribution in [0.15, 0.2) is 12.1 Å². The topological polar surface area (TPSA) is 102 Å². The van der Waals surface area contributed by atoms with E-state index in [1.807, 2.05) is 0 Å². The number of hydrogen-bond acceptors (Lipinski definition) is 4. The molecule has 0 fully saturated rings. The molecule has 1 rings (SSSR count). The van der Waals surface area contributed by atoms with E-state index in [0.717, 1.165) is 0 Å². The molecule has 0 aliphatic rings. The normalized spacial score (nSPS) is 10.0. The first-order valence-corrected chi connectivity index (χ1v) is 5.13. The summed E-state index contributed by atoms with van der Waals surface area (Å²) in [5, 5.41) is 17.8. The van der Waals surface area contributed by atoms with Crippen molar-refractivity contribution in [1.82, 2.24) is 0 Å². The minimum atomic E-state index is -0.415. The van der Waals surface area contributed by atoms with E-state index in [2.05, 4.69) is 0 Å². The van der Waals surface area contributed by atoms with Crippen molar-refractivity contribution in [2.45, 2.75) is 20.3 Å². The summed E-state index contributed by atoms with van der Waals surface area (Å²) in [7, 11) is 0. The highest BCUT2D eigenvalue weighted by molar-refractivity contribution is 5.76. The molecule has 0 aromatic heterocycles. The molecule has 0 amide bonds. The molecule has 0 heterocycles. The Morgan fingerprint density at radius 1 is 1.47 bits per heavy atom. The van der Waals surface area contributed by atoms with Crippen molar-refractivity contribution < 1.29 is 9.66 Å². The van der Waals surface area contributed by atoms with Crippen molar-refractivity contribution in [3.05, 3.63) is 33.4 Å². The summed E-state index contributed by atoms with van der Waals surface area (Å²) in [6.07, 6.45) is 0.343. The summed E-state index contributed by atoms with van der Waals surface area (Å²) < 4.78 is 5.42. The number of nitro groups is 1. The first kappa shape index (κ1) is 13.0. The average Bonchev–Trinajstić information content (AvgIpc) is 2.21. The molecule has 0 aliphatic heterocycles. The van der Waals surface area contributed by atoms with E-state index < -0.39 is 4.92 Å². The molecule has 0 atom stereocenters.